The first kappa shape index (κ1) is 12.2. The lowest BCUT2D eigenvalue weighted by Gasteiger charge is -1.86. The maximum absolute atomic E-state index is 11.1. The minimum absolute atomic E-state index is 0. The number of aromatic nitrogens is 2. The lowest BCUT2D eigenvalue weighted by Crippen LogP contribution is -2.03. The molecule has 0 aliphatic heterocycles. The molecule has 0 aliphatic rings. The van der Waals surface area contributed by atoms with E-state index in [4.69, 9.17) is 5.73 Å². The van der Waals surface area contributed by atoms with Crippen molar-refractivity contribution in [3.63, 3.8) is 0 Å². The molecule has 0 spiro atoms. The van der Waals surface area contributed by atoms with E-state index >= 15 is 0 Å². The Balaban J connectivity index is 0.000000720. The van der Waals surface area contributed by atoms with E-state index in [0.29, 0.717) is 15.9 Å². The number of nitrogens with one attached hydrogen (secondary N) is 1. The summed E-state index contributed by atoms with van der Waals surface area (Å²) in [6.45, 7) is 0. The van der Waals surface area contributed by atoms with Crippen LogP contribution in [0.25, 0.3) is 10.2 Å². The molecule has 2 rings (SSSR count). The predicted octanol–water partition coefficient (Wildman–Crippen LogP) is 1.41. The van der Waals surface area contributed by atoms with Crippen molar-refractivity contribution in [2.45, 2.75) is 0 Å². The predicted molar refractivity (Wildman–Crippen MR) is 59.1 cm³/mol. The fraction of sp³-hybridized carbons (Fsp3) is 0. The van der Waals surface area contributed by atoms with Crippen LogP contribution in [0.3, 0.4) is 0 Å². The van der Waals surface area contributed by atoms with Crippen molar-refractivity contribution in [3.8, 4) is 0 Å². The smallest absolute Gasteiger partial charge is 0.268 e. The number of rotatable bonds is 0. The van der Waals surface area contributed by atoms with Gasteiger partial charge in [0.25, 0.3) is 5.56 Å². The zero-order chi connectivity index (χ0) is 7.84. The second kappa shape index (κ2) is 4.45. The third kappa shape index (κ3) is 1.93. The summed E-state index contributed by atoms with van der Waals surface area (Å²) in [5.41, 5.74) is 6.57. The summed E-state index contributed by atoms with van der Waals surface area (Å²) >= 11 is 1.31. The molecular formula is C6H7Cl2N3OS. The summed E-state index contributed by atoms with van der Waals surface area (Å²) < 4.78 is 0.588. The Morgan fingerprint density at radius 1 is 1.46 bits per heavy atom. The van der Waals surface area contributed by atoms with E-state index in [-0.39, 0.29) is 30.4 Å². The number of hydrogen-bond donors (Lipinski definition) is 2. The monoisotopic (exact) mass is 239 g/mol. The quantitative estimate of drug-likeness (QED) is 0.731. The SMILES string of the molecule is Cl.Cl.Nc1csc2c(=O)[nH]cnc12. The van der Waals surface area contributed by atoms with Crippen molar-refractivity contribution < 1.29 is 0 Å². The standard InChI is InChI=1S/C6H5N3OS.2ClH/c7-3-1-11-5-4(3)8-2-9-6(5)10;;/h1-2H,7H2,(H,8,9,10);2*1H. The van der Waals surface area contributed by atoms with Crippen LogP contribution in [0.15, 0.2) is 16.5 Å². The maximum Gasteiger partial charge on any atom is 0.268 e. The fourth-order valence-corrected chi connectivity index (χ4v) is 1.68. The van der Waals surface area contributed by atoms with Crippen LogP contribution in [0.1, 0.15) is 0 Å². The third-order valence-corrected chi connectivity index (χ3v) is 2.37. The number of thiophene rings is 1. The number of hydrogen-bond acceptors (Lipinski definition) is 4. The highest BCUT2D eigenvalue weighted by atomic mass is 35.5. The molecule has 0 aliphatic carbocycles. The molecule has 0 saturated carbocycles. The molecule has 2 aromatic rings. The van der Waals surface area contributed by atoms with Gasteiger partial charge in [-0.25, -0.2) is 4.98 Å². The summed E-state index contributed by atoms with van der Waals surface area (Å²) in [7, 11) is 0. The molecule has 0 radical (unpaired) electrons. The highest BCUT2D eigenvalue weighted by Crippen LogP contribution is 2.21. The number of nitrogen functional groups attached to an aromatic ring is 1. The molecule has 0 aromatic carbocycles. The van der Waals surface area contributed by atoms with Crippen LogP contribution in [0.2, 0.25) is 0 Å². The highest BCUT2D eigenvalue weighted by molar-refractivity contribution is 7.17. The molecule has 2 aromatic heterocycles. The average Bonchev–Trinajstić information content (AvgIpc) is 2.35. The molecule has 0 unspecified atom stereocenters. The number of nitrogens with two attached hydrogens (primary N) is 1. The lowest BCUT2D eigenvalue weighted by molar-refractivity contribution is 1.18. The third-order valence-electron chi connectivity index (χ3n) is 1.39. The Morgan fingerprint density at radius 3 is 2.77 bits per heavy atom. The highest BCUT2D eigenvalue weighted by Gasteiger charge is 2.03. The molecule has 72 valence electrons. The number of anilines is 1. The van der Waals surface area contributed by atoms with E-state index in [1.807, 2.05) is 0 Å². The van der Waals surface area contributed by atoms with Crippen LogP contribution in [0.5, 0.6) is 0 Å². The van der Waals surface area contributed by atoms with Gasteiger partial charge in [-0.05, 0) is 0 Å². The first-order valence-corrected chi connectivity index (χ1v) is 3.87. The molecule has 0 amide bonds. The number of H-pyrrole nitrogens is 1. The molecule has 0 fully saturated rings. The number of fused-ring (bicyclic) bond motifs is 1. The van der Waals surface area contributed by atoms with Crippen LogP contribution in [0.4, 0.5) is 5.69 Å². The largest absolute Gasteiger partial charge is 0.396 e. The summed E-state index contributed by atoms with van der Waals surface area (Å²) in [6.07, 6.45) is 1.35. The number of aromatic amines is 1. The van der Waals surface area contributed by atoms with Crippen LogP contribution in [-0.2, 0) is 0 Å². The Morgan fingerprint density at radius 2 is 2.15 bits per heavy atom. The summed E-state index contributed by atoms with van der Waals surface area (Å²) in [4.78, 5) is 17.5. The molecule has 13 heavy (non-hydrogen) atoms. The Bertz CT molecular complexity index is 452. The maximum atomic E-state index is 11.1. The zero-order valence-corrected chi connectivity index (χ0v) is 8.76. The van der Waals surface area contributed by atoms with Gasteiger partial charge in [-0.2, -0.15) is 0 Å². The van der Waals surface area contributed by atoms with Gasteiger partial charge in [-0.15, -0.1) is 36.2 Å². The van der Waals surface area contributed by atoms with Crippen LogP contribution < -0.4 is 11.3 Å². The van der Waals surface area contributed by atoms with Crippen molar-refractivity contribution in [1.82, 2.24) is 9.97 Å². The van der Waals surface area contributed by atoms with E-state index in [2.05, 4.69) is 9.97 Å². The first-order valence-electron chi connectivity index (χ1n) is 2.99. The lowest BCUT2D eigenvalue weighted by atomic mass is 10.4. The van der Waals surface area contributed by atoms with Gasteiger partial charge in [-0.3, -0.25) is 4.79 Å². The Kier molecular flexibility index (Phi) is 4.19. The van der Waals surface area contributed by atoms with E-state index in [1.165, 1.54) is 17.7 Å². The van der Waals surface area contributed by atoms with Crippen LogP contribution >= 0.6 is 36.2 Å². The van der Waals surface area contributed by atoms with Gasteiger partial charge in [0, 0.05) is 5.38 Å². The Labute approximate surface area is 90.0 Å². The van der Waals surface area contributed by atoms with Crippen molar-refractivity contribution in [1.29, 1.82) is 0 Å². The molecule has 7 heteroatoms. The van der Waals surface area contributed by atoms with Crippen LogP contribution in [-0.4, -0.2) is 9.97 Å². The minimum Gasteiger partial charge on any atom is -0.396 e. The van der Waals surface area contributed by atoms with Gasteiger partial charge < -0.3 is 10.7 Å². The molecule has 0 saturated heterocycles. The normalized spacial score (nSPS) is 8.92. The van der Waals surface area contributed by atoms with Crippen molar-refractivity contribution >= 4 is 52.1 Å². The second-order valence-corrected chi connectivity index (χ2v) is 2.98. The fourth-order valence-electron chi connectivity index (χ4n) is 0.880. The van der Waals surface area contributed by atoms with Gasteiger partial charge in [0.05, 0.1) is 12.0 Å². The molecule has 3 N–H and O–H groups in total. The minimum atomic E-state index is -0.128. The number of nitrogens with zero attached hydrogens (tertiary/aromatic N) is 1. The van der Waals surface area contributed by atoms with Gasteiger partial charge in [-0.1, -0.05) is 0 Å². The van der Waals surface area contributed by atoms with Crippen molar-refractivity contribution in [2.24, 2.45) is 0 Å². The topological polar surface area (TPSA) is 71.8 Å². The average molecular weight is 240 g/mol. The van der Waals surface area contributed by atoms with Gasteiger partial charge in [0.15, 0.2) is 0 Å². The second-order valence-electron chi connectivity index (χ2n) is 2.10. The van der Waals surface area contributed by atoms with Gasteiger partial charge >= 0.3 is 0 Å². The Hall–Kier alpha value is -0.780. The van der Waals surface area contributed by atoms with E-state index < -0.39 is 0 Å². The molecule has 0 atom stereocenters. The van der Waals surface area contributed by atoms with Gasteiger partial charge in [0.2, 0.25) is 0 Å². The summed E-state index contributed by atoms with van der Waals surface area (Å²) in [5.74, 6) is 0. The summed E-state index contributed by atoms with van der Waals surface area (Å²) in [5, 5.41) is 1.72. The van der Waals surface area contributed by atoms with E-state index in [0.717, 1.165) is 0 Å². The summed E-state index contributed by atoms with van der Waals surface area (Å²) in [6, 6.07) is 0. The molecule has 2 heterocycles. The first-order chi connectivity index (χ1) is 5.29. The van der Waals surface area contributed by atoms with Crippen LogP contribution in [0, 0.1) is 0 Å². The molecule has 0 bridgehead atoms. The molecular weight excluding hydrogens is 233 g/mol. The van der Waals surface area contributed by atoms with E-state index in [9.17, 15) is 4.79 Å². The van der Waals surface area contributed by atoms with Crippen molar-refractivity contribution in [2.75, 3.05) is 5.73 Å². The molecule has 4 nitrogen and oxygen atoms in total. The van der Waals surface area contributed by atoms with Gasteiger partial charge in [0.1, 0.15) is 10.2 Å². The van der Waals surface area contributed by atoms with Crippen molar-refractivity contribution in [3.05, 3.63) is 22.1 Å². The number of halogens is 2. The zero-order valence-electron chi connectivity index (χ0n) is 6.31. The van der Waals surface area contributed by atoms with E-state index in [1.54, 1.807) is 5.38 Å².